The summed E-state index contributed by atoms with van der Waals surface area (Å²) in [5.41, 5.74) is 0.417. The van der Waals surface area contributed by atoms with Crippen molar-refractivity contribution >= 4 is 23.4 Å². The van der Waals surface area contributed by atoms with Gasteiger partial charge in [-0.15, -0.1) is 11.3 Å². The molecule has 0 aliphatic carbocycles. The molecule has 1 heterocycles. The lowest BCUT2D eigenvalue weighted by molar-refractivity contribution is 0.0505. The highest BCUT2D eigenvalue weighted by atomic mass is 32.1. The van der Waals surface area contributed by atoms with E-state index in [0.717, 1.165) is 30.1 Å². The monoisotopic (exact) mass is 431 g/mol. The normalized spacial score (nSPS) is 12.9. The lowest BCUT2D eigenvalue weighted by Crippen LogP contribution is -2.40. The molecular weight excluding hydrogens is 398 g/mol. The number of alkyl carbamates (subject to hydrolysis) is 1. The maximum absolute atomic E-state index is 12.3. The number of amides is 1. The number of benzene rings is 1. The number of aromatic nitrogens is 1. The third-order valence-electron chi connectivity index (χ3n) is 3.97. The minimum atomic E-state index is -0.556. The summed E-state index contributed by atoms with van der Waals surface area (Å²) in [5.74, 6) is 0.706. The Balaban J connectivity index is 2.02. The molecule has 7 nitrogen and oxygen atoms in total. The van der Waals surface area contributed by atoms with Crippen LogP contribution in [-0.4, -0.2) is 42.3 Å². The lowest BCUT2D eigenvalue weighted by atomic mass is 10.1. The zero-order chi connectivity index (χ0) is 22.0. The summed E-state index contributed by atoms with van der Waals surface area (Å²) in [6.45, 7) is 11.5. The highest BCUT2D eigenvalue weighted by molar-refractivity contribution is 7.11. The van der Waals surface area contributed by atoms with Crippen molar-refractivity contribution in [1.29, 1.82) is 0 Å². The fraction of sp³-hybridized carbons (Fsp3) is 0.500. The van der Waals surface area contributed by atoms with Crippen LogP contribution < -0.4 is 16.0 Å². The number of carbonyl (C=O) groups excluding carboxylic acids is 1. The number of hydrogen-bond donors (Lipinski definition) is 3. The van der Waals surface area contributed by atoms with E-state index in [9.17, 15) is 4.79 Å². The number of hydrogen-bond acceptors (Lipinski definition) is 5. The van der Waals surface area contributed by atoms with Gasteiger partial charge in [-0.3, -0.25) is 4.99 Å². The van der Waals surface area contributed by atoms with Crippen molar-refractivity contribution < 1.29 is 9.53 Å². The molecule has 0 saturated carbocycles. The summed E-state index contributed by atoms with van der Waals surface area (Å²) >= 11 is 1.71. The highest BCUT2D eigenvalue weighted by Gasteiger charge is 2.20. The van der Waals surface area contributed by atoms with E-state index in [4.69, 9.17) is 4.74 Å². The van der Waals surface area contributed by atoms with Crippen molar-refractivity contribution in [2.75, 3.05) is 19.6 Å². The Morgan fingerprint density at radius 3 is 2.57 bits per heavy atom. The number of nitrogens with zero attached hydrogens (tertiary/aromatic N) is 2. The average molecular weight is 432 g/mol. The van der Waals surface area contributed by atoms with Crippen LogP contribution in [0.3, 0.4) is 0 Å². The molecule has 2 rings (SSSR count). The average Bonchev–Trinajstić information content (AvgIpc) is 3.09. The zero-order valence-electron chi connectivity index (χ0n) is 18.5. The molecule has 0 spiro atoms. The van der Waals surface area contributed by atoms with Gasteiger partial charge in [0, 0.05) is 30.6 Å². The number of thiazole rings is 1. The van der Waals surface area contributed by atoms with Gasteiger partial charge in [-0.2, -0.15) is 0 Å². The fourth-order valence-corrected chi connectivity index (χ4v) is 3.49. The number of ether oxygens (including phenoxy) is 1. The van der Waals surface area contributed by atoms with E-state index in [-0.39, 0.29) is 6.04 Å². The second-order valence-corrected chi connectivity index (χ2v) is 9.19. The molecule has 30 heavy (non-hydrogen) atoms. The van der Waals surface area contributed by atoms with Gasteiger partial charge >= 0.3 is 6.09 Å². The van der Waals surface area contributed by atoms with Crippen molar-refractivity contribution in [2.24, 2.45) is 4.99 Å². The predicted molar refractivity (Wildman–Crippen MR) is 123 cm³/mol. The first-order valence-electron chi connectivity index (χ1n) is 10.2. The van der Waals surface area contributed by atoms with E-state index in [1.165, 1.54) is 4.88 Å². The van der Waals surface area contributed by atoms with Crippen LogP contribution in [0.1, 0.15) is 49.2 Å². The van der Waals surface area contributed by atoms with Crippen LogP contribution in [-0.2, 0) is 11.2 Å². The van der Waals surface area contributed by atoms with Gasteiger partial charge in [-0.25, -0.2) is 9.78 Å². The summed E-state index contributed by atoms with van der Waals surface area (Å²) in [4.78, 5) is 22.6. The largest absolute Gasteiger partial charge is 0.444 e. The molecule has 3 N–H and O–H groups in total. The second kappa shape index (κ2) is 11.5. The van der Waals surface area contributed by atoms with Crippen LogP contribution in [0.2, 0.25) is 0 Å². The van der Waals surface area contributed by atoms with Gasteiger partial charge in [-0.1, -0.05) is 30.3 Å². The van der Waals surface area contributed by atoms with E-state index in [2.05, 4.69) is 32.9 Å². The van der Waals surface area contributed by atoms with Crippen molar-refractivity contribution in [3.05, 3.63) is 52.0 Å². The number of rotatable bonds is 8. The maximum Gasteiger partial charge on any atom is 0.408 e. The third-order valence-corrected chi connectivity index (χ3v) is 4.94. The number of guanidine groups is 1. The molecule has 0 bridgehead atoms. The fourth-order valence-electron chi connectivity index (χ4n) is 2.70. The molecule has 1 atom stereocenters. The second-order valence-electron chi connectivity index (χ2n) is 7.87. The molecule has 1 aromatic heterocycles. The molecule has 2 aromatic rings. The van der Waals surface area contributed by atoms with Gasteiger partial charge in [0.25, 0.3) is 0 Å². The molecule has 1 amide bonds. The van der Waals surface area contributed by atoms with E-state index in [0.29, 0.717) is 12.5 Å². The Bertz CT molecular complexity index is 814. The predicted octanol–water partition coefficient (Wildman–Crippen LogP) is 3.82. The Hall–Kier alpha value is -2.61. The lowest BCUT2D eigenvalue weighted by Gasteiger charge is -2.23. The number of aryl methyl sites for hydroxylation is 1. The van der Waals surface area contributed by atoms with E-state index in [1.54, 1.807) is 11.3 Å². The molecule has 0 aliphatic rings. The molecular formula is C22H33N5O2S. The Labute approximate surface area is 183 Å². The first kappa shape index (κ1) is 23.7. The molecule has 0 fully saturated rings. The van der Waals surface area contributed by atoms with Gasteiger partial charge in [0.15, 0.2) is 5.96 Å². The van der Waals surface area contributed by atoms with Gasteiger partial charge in [0.05, 0.1) is 17.6 Å². The maximum atomic E-state index is 12.3. The van der Waals surface area contributed by atoms with Crippen LogP contribution >= 0.6 is 11.3 Å². The summed E-state index contributed by atoms with van der Waals surface area (Å²) in [7, 11) is 0. The van der Waals surface area contributed by atoms with Crippen molar-refractivity contribution in [1.82, 2.24) is 20.9 Å². The third kappa shape index (κ3) is 8.82. The van der Waals surface area contributed by atoms with Gasteiger partial charge < -0.3 is 20.7 Å². The van der Waals surface area contributed by atoms with E-state index < -0.39 is 11.7 Å². The van der Waals surface area contributed by atoms with Gasteiger partial charge in [0.2, 0.25) is 0 Å². The van der Waals surface area contributed by atoms with Crippen LogP contribution in [0.15, 0.2) is 41.5 Å². The summed E-state index contributed by atoms with van der Waals surface area (Å²) in [6, 6.07) is 9.50. The Kier molecular flexibility index (Phi) is 9.11. The van der Waals surface area contributed by atoms with Crippen molar-refractivity contribution in [2.45, 2.75) is 52.7 Å². The molecule has 0 radical (unpaired) electrons. The SMILES string of the molecule is CCNC(=NCC(NC(=O)OC(C)(C)C)c1ccccc1)NCCc1ncc(C)s1. The Morgan fingerprint density at radius 1 is 1.23 bits per heavy atom. The minimum Gasteiger partial charge on any atom is -0.444 e. The molecule has 1 aromatic carbocycles. The highest BCUT2D eigenvalue weighted by Crippen LogP contribution is 2.15. The molecule has 1 unspecified atom stereocenters. The van der Waals surface area contributed by atoms with Crippen molar-refractivity contribution in [3.8, 4) is 0 Å². The smallest absolute Gasteiger partial charge is 0.408 e. The molecule has 0 saturated heterocycles. The van der Waals surface area contributed by atoms with Crippen molar-refractivity contribution in [3.63, 3.8) is 0 Å². The number of carbonyl (C=O) groups is 1. The van der Waals surface area contributed by atoms with Crippen LogP contribution in [0.5, 0.6) is 0 Å². The van der Waals surface area contributed by atoms with E-state index in [1.807, 2.05) is 64.2 Å². The first-order valence-corrected chi connectivity index (χ1v) is 11.1. The number of nitrogens with one attached hydrogen (secondary N) is 3. The first-order chi connectivity index (χ1) is 14.3. The molecule has 0 aliphatic heterocycles. The molecule has 164 valence electrons. The van der Waals surface area contributed by atoms with E-state index >= 15 is 0 Å². The summed E-state index contributed by atoms with van der Waals surface area (Å²) in [5, 5.41) is 10.6. The van der Waals surface area contributed by atoms with Crippen LogP contribution in [0, 0.1) is 6.92 Å². The van der Waals surface area contributed by atoms with Gasteiger partial charge in [-0.05, 0) is 40.2 Å². The quantitative estimate of drug-likeness (QED) is 0.437. The minimum absolute atomic E-state index is 0.293. The Morgan fingerprint density at radius 2 is 1.97 bits per heavy atom. The number of aliphatic imine (C=N–C) groups is 1. The topological polar surface area (TPSA) is 87.6 Å². The standard InChI is InChI=1S/C22H33N5O2S/c1-6-23-20(24-13-12-19-25-14-16(2)30-19)26-15-18(17-10-8-7-9-11-17)27-21(28)29-22(3,4)5/h7-11,14,18H,6,12-13,15H2,1-5H3,(H,27,28)(H2,23,24,26). The van der Waals surface area contributed by atoms with Crippen LogP contribution in [0.25, 0.3) is 0 Å². The van der Waals surface area contributed by atoms with Gasteiger partial charge in [0.1, 0.15) is 5.60 Å². The molecule has 8 heteroatoms. The van der Waals surface area contributed by atoms with Crippen LogP contribution in [0.4, 0.5) is 4.79 Å². The summed E-state index contributed by atoms with van der Waals surface area (Å²) in [6.07, 6.45) is 2.27. The summed E-state index contributed by atoms with van der Waals surface area (Å²) < 4.78 is 5.42. The zero-order valence-corrected chi connectivity index (χ0v) is 19.3.